The average molecular weight is 448 g/mol. The predicted octanol–water partition coefficient (Wildman–Crippen LogP) is 3.59. The van der Waals surface area contributed by atoms with Crippen LogP contribution in [0.1, 0.15) is 45.4 Å². The number of carbonyl (C=O) groups excluding carboxylic acids is 3. The number of nitrogens with one attached hydrogen (secondary N) is 1. The van der Waals surface area contributed by atoms with Crippen LogP contribution in [0.15, 0.2) is 30.3 Å². The second-order valence-corrected chi connectivity index (χ2v) is 7.79. The summed E-state index contributed by atoms with van der Waals surface area (Å²) >= 11 is 0.986. The van der Waals surface area contributed by atoms with E-state index in [9.17, 15) is 14.4 Å². The van der Waals surface area contributed by atoms with Crippen molar-refractivity contribution < 1.29 is 33.3 Å². The zero-order chi connectivity index (χ0) is 22.2. The van der Waals surface area contributed by atoms with Gasteiger partial charge in [-0.05, 0) is 44.4 Å². The first kappa shape index (κ1) is 22.8. The lowest BCUT2D eigenvalue weighted by Crippen LogP contribution is -2.27. The van der Waals surface area contributed by atoms with Gasteiger partial charge in [0.25, 0.3) is 5.91 Å². The molecule has 0 radical (unpaired) electrons. The van der Waals surface area contributed by atoms with Crippen molar-refractivity contribution in [3.63, 3.8) is 0 Å². The Bertz CT molecular complexity index is 919. The van der Waals surface area contributed by atoms with E-state index in [1.807, 2.05) is 18.2 Å². The molecule has 1 aliphatic heterocycles. The van der Waals surface area contributed by atoms with Crippen LogP contribution in [-0.4, -0.2) is 50.4 Å². The highest BCUT2D eigenvalue weighted by molar-refractivity contribution is 7.18. The van der Waals surface area contributed by atoms with Crippen LogP contribution >= 0.6 is 11.3 Å². The highest BCUT2D eigenvalue weighted by Crippen LogP contribution is 2.35. The lowest BCUT2D eigenvalue weighted by molar-refractivity contribution is -0.124. The third kappa shape index (κ3) is 5.83. The third-order valence-electron chi connectivity index (χ3n) is 4.60. The van der Waals surface area contributed by atoms with Crippen molar-refractivity contribution in [1.29, 1.82) is 0 Å². The smallest absolute Gasteiger partial charge is 0.348 e. The molecule has 0 spiro atoms. The molecule has 1 saturated heterocycles. The molecule has 2 aromatic rings. The highest BCUT2D eigenvalue weighted by Gasteiger charge is 2.30. The van der Waals surface area contributed by atoms with Crippen LogP contribution in [-0.2, 0) is 19.0 Å². The highest BCUT2D eigenvalue weighted by atomic mass is 32.1. The largest absolute Gasteiger partial charge is 0.490 e. The van der Waals surface area contributed by atoms with Gasteiger partial charge in [-0.2, -0.15) is 0 Å². The van der Waals surface area contributed by atoms with E-state index >= 15 is 0 Å². The van der Waals surface area contributed by atoms with E-state index < -0.39 is 18.0 Å². The summed E-state index contributed by atoms with van der Waals surface area (Å²) in [6, 6.07) is 9.18. The summed E-state index contributed by atoms with van der Waals surface area (Å²) in [7, 11) is 0. The van der Waals surface area contributed by atoms with Gasteiger partial charge in [-0.25, -0.2) is 9.59 Å². The van der Waals surface area contributed by atoms with Crippen LogP contribution in [0.3, 0.4) is 0 Å². The monoisotopic (exact) mass is 447 g/mol. The summed E-state index contributed by atoms with van der Waals surface area (Å²) < 4.78 is 21.3. The topological polar surface area (TPSA) is 100 Å². The lowest BCUT2D eigenvalue weighted by Gasteiger charge is -2.10. The number of anilines is 1. The van der Waals surface area contributed by atoms with Gasteiger partial charge in [0.15, 0.2) is 0 Å². The fourth-order valence-electron chi connectivity index (χ4n) is 3.10. The molecule has 0 saturated carbocycles. The molecule has 1 aromatic carbocycles. The minimum Gasteiger partial charge on any atom is -0.490 e. The van der Waals surface area contributed by atoms with Gasteiger partial charge in [0.05, 0.1) is 12.2 Å². The van der Waals surface area contributed by atoms with E-state index in [1.54, 1.807) is 26.0 Å². The summed E-state index contributed by atoms with van der Waals surface area (Å²) in [6.45, 7) is 4.23. The van der Waals surface area contributed by atoms with Crippen LogP contribution in [0.25, 0.3) is 0 Å². The van der Waals surface area contributed by atoms with Crippen LogP contribution < -0.4 is 10.1 Å². The summed E-state index contributed by atoms with van der Waals surface area (Å²) in [4.78, 5) is 37.8. The molecule has 0 aliphatic carbocycles. The van der Waals surface area contributed by atoms with Crippen molar-refractivity contribution >= 4 is 34.2 Å². The molecule has 1 fully saturated rings. The second kappa shape index (κ2) is 10.9. The molecule has 1 atom stereocenters. The molecule has 2 heterocycles. The Balaban J connectivity index is 1.68. The predicted molar refractivity (Wildman–Crippen MR) is 115 cm³/mol. The minimum absolute atomic E-state index is 0.0391. The number of ether oxygens (including phenoxy) is 4. The molecule has 1 unspecified atom stereocenters. The molecule has 0 bridgehead atoms. The Hall–Kier alpha value is -2.91. The van der Waals surface area contributed by atoms with Crippen molar-refractivity contribution in [2.75, 3.05) is 31.7 Å². The van der Waals surface area contributed by atoms with E-state index in [4.69, 9.17) is 18.9 Å². The van der Waals surface area contributed by atoms with E-state index in [0.717, 1.165) is 17.8 Å². The fraction of sp³-hybridized carbons (Fsp3) is 0.409. The number of para-hydroxylation sites is 1. The number of thiophene rings is 1. The van der Waals surface area contributed by atoms with Gasteiger partial charge >= 0.3 is 11.9 Å². The van der Waals surface area contributed by atoms with Crippen LogP contribution in [0.5, 0.6) is 5.75 Å². The number of hydrogen-bond acceptors (Lipinski definition) is 8. The van der Waals surface area contributed by atoms with Gasteiger partial charge in [0.1, 0.15) is 34.9 Å². The van der Waals surface area contributed by atoms with Crippen molar-refractivity contribution in [3.05, 3.63) is 46.3 Å². The Morgan fingerprint density at radius 2 is 1.90 bits per heavy atom. The van der Waals surface area contributed by atoms with E-state index in [1.165, 1.54) is 0 Å². The van der Waals surface area contributed by atoms with E-state index in [0.29, 0.717) is 24.3 Å². The zero-order valence-corrected chi connectivity index (χ0v) is 18.3. The first-order valence-electron chi connectivity index (χ1n) is 10.1. The summed E-state index contributed by atoms with van der Waals surface area (Å²) in [6.07, 6.45) is 0.846. The third-order valence-corrected chi connectivity index (χ3v) is 5.79. The molecule has 1 amide bonds. The summed E-state index contributed by atoms with van der Waals surface area (Å²) in [5, 5.41) is 2.97. The molecular weight excluding hydrogens is 422 g/mol. The molecule has 3 rings (SSSR count). The second-order valence-electron chi connectivity index (χ2n) is 6.77. The van der Waals surface area contributed by atoms with Gasteiger partial charge < -0.3 is 24.3 Å². The number of carbonyl (C=O) groups is 3. The summed E-state index contributed by atoms with van der Waals surface area (Å²) in [5.41, 5.74) is 0.561. The van der Waals surface area contributed by atoms with E-state index in [2.05, 4.69) is 5.32 Å². The average Bonchev–Trinajstić information content (AvgIpc) is 3.40. The molecule has 1 aromatic heterocycles. The van der Waals surface area contributed by atoms with Crippen LogP contribution in [0.4, 0.5) is 5.00 Å². The maximum absolute atomic E-state index is 12.6. The molecule has 8 nitrogen and oxygen atoms in total. The van der Waals surface area contributed by atoms with Crippen molar-refractivity contribution in [2.24, 2.45) is 0 Å². The SMILES string of the molecule is CCOC(=O)c1c(NC(=O)C2CCCO2)sc(C(=O)OCCOc2ccccc2)c1C. The molecule has 1 N–H and O–H groups in total. The van der Waals surface area contributed by atoms with Crippen molar-refractivity contribution in [3.8, 4) is 5.75 Å². The zero-order valence-electron chi connectivity index (χ0n) is 17.5. The van der Waals surface area contributed by atoms with Gasteiger partial charge in [0, 0.05) is 6.61 Å². The first-order chi connectivity index (χ1) is 15.0. The Labute approximate surface area is 184 Å². The maximum Gasteiger partial charge on any atom is 0.348 e. The van der Waals surface area contributed by atoms with Gasteiger partial charge in [0.2, 0.25) is 0 Å². The quantitative estimate of drug-likeness (QED) is 0.463. The van der Waals surface area contributed by atoms with Gasteiger partial charge in [-0.3, -0.25) is 4.79 Å². The molecular formula is C22H25NO7S. The normalized spacial score (nSPS) is 15.4. The van der Waals surface area contributed by atoms with Crippen molar-refractivity contribution in [1.82, 2.24) is 0 Å². The lowest BCUT2D eigenvalue weighted by atomic mass is 10.1. The Kier molecular flexibility index (Phi) is 8.02. The van der Waals surface area contributed by atoms with Gasteiger partial charge in [-0.1, -0.05) is 18.2 Å². The molecule has 166 valence electrons. The number of esters is 2. The minimum atomic E-state index is -0.606. The molecule has 1 aliphatic rings. The number of amides is 1. The molecule has 9 heteroatoms. The Morgan fingerprint density at radius 1 is 1.13 bits per heavy atom. The number of benzene rings is 1. The Morgan fingerprint density at radius 3 is 2.58 bits per heavy atom. The number of rotatable bonds is 9. The van der Waals surface area contributed by atoms with Crippen molar-refractivity contribution in [2.45, 2.75) is 32.8 Å². The fourth-order valence-corrected chi connectivity index (χ4v) is 4.19. The van der Waals surface area contributed by atoms with E-state index in [-0.39, 0.29) is 41.2 Å². The van der Waals surface area contributed by atoms with Gasteiger partial charge in [-0.15, -0.1) is 11.3 Å². The maximum atomic E-state index is 12.6. The molecule has 31 heavy (non-hydrogen) atoms. The van der Waals surface area contributed by atoms with Crippen LogP contribution in [0.2, 0.25) is 0 Å². The van der Waals surface area contributed by atoms with Crippen LogP contribution in [0, 0.1) is 6.92 Å². The standard InChI is InChI=1S/C22H25NO7S/c1-3-27-21(25)17-14(2)18(31-20(17)23-19(24)16-10-7-11-29-16)22(26)30-13-12-28-15-8-5-4-6-9-15/h4-6,8-9,16H,3,7,10-13H2,1-2H3,(H,23,24). The summed E-state index contributed by atoms with van der Waals surface area (Å²) in [5.74, 6) is -0.872. The number of hydrogen-bond donors (Lipinski definition) is 1. The first-order valence-corrected chi connectivity index (χ1v) is 10.9.